The molecular formula is C13H23N3OS. The maximum atomic E-state index is 5.57. The lowest BCUT2D eigenvalue weighted by Gasteiger charge is -2.30. The number of aromatic nitrogens is 1. The number of aryl methyl sites for hydroxylation is 1. The minimum absolute atomic E-state index is 0.306. The summed E-state index contributed by atoms with van der Waals surface area (Å²) in [5.41, 5.74) is 1.15. The standard InChI is InChI=1S/C13H23N3OS/c1-9(2)14-7-12-11(4)15-13(18-12)16-5-6-17-10(3)8-16/h9-10,14H,5-8H2,1-4H3. The van der Waals surface area contributed by atoms with Crippen LogP contribution in [0.1, 0.15) is 31.3 Å². The predicted molar refractivity (Wildman–Crippen MR) is 76.5 cm³/mol. The van der Waals surface area contributed by atoms with Crippen molar-refractivity contribution >= 4 is 16.5 Å². The van der Waals surface area contributed by atoms with Crippen LogP contribution in [0.5, 0.6) is 0 Å². The molecule has 0 radical (unpaired) electrons. The van der Waals surface area contributed by atoms with E-state index in [2.05, 4.69) is 37.9 Å². The molecule has 1 aromatic rings. The summed E-state index contributed by atoms with van der Waals surface area (Å²) in [7, 11) is 0. The Morgan fingerprint density at radius 1 is 1.56 bits per heavy atom. The molecule has 0 bridgehead atoms. The molecule has 0 spiro atoms. The monoisotopic (exact) mass is 269 g/mol. The molecule has 0 saturated carbocycles. The molecule has 1 saturated heterocycles. The van der Waals surface area contributed by atoms with E-state index >= 15 is 0 Å². The Morgan fingerprint density at radius 3 is 3.00 bits per heavy atom. The van der Waals surface area contributed by atoms with Crippen molar-refractivity contribution in [2.24, 2.45) is 0 Å². The fourth-order valence-electron chi connectivity index (χ4n) is 2.00. The zero-order valence-corrected chi connectivity index (χ0v) is 12.5. The van der Waals surface area contributed by atoms with E-state index in [9.17, 15) is 0 Å². The summed E-state index contributed by atoms with van der Waals surface area (Å²) in [6, 6.07) is 0.512. The van der Waals surface area contributed by atoms with Gasteiger partial charge in [-0.05, 0) is 13.8 Å². The number of anilines is 1. The minimum Gasteiger partial charge on any atom is -0.375 e. The summed E-state index contributed by atoms with van der Waals surface area (Å²) in [6.07, 6.45) is 0.306. The Kier molecular flexibility index (Phi) is 4.59. The van der Waals surface area contributed by atoms with Gasteiger partial charge in [-0.3, -0.25) is 0 Å². The van der Waals surface area contributed by atoms with Gasteiger partial charge in [0, 0.05) is 30.6 Å². The summed E-state index contributed by atoms with van der Waals surface area (Å²) in [4.78, 5) is 8.38. The number of hydrogen-bond donors (Lipinski definition) is 1. The summed E-state index contributed by atoms with van der Waals surface area (Å²) in [5.74, 6) is 0. The molecule has 2 rings (SSSR count). The van der Waals surface area contributed by atoms with E-state index in [0.717, 1.165) is 37.1 Å². The quantitative estimate of drug-likeness (QED) is 0.909. The van der Waals surface area contributed by atoms with Crippen molar-refractivity contribution in [3.8, 4) is 0 Å². The van der Waals surface area contributed by atoms with Crippen molar-refractivity contribution in [3.63, 3.8) is 0 Å². The molecule has 18 heavy (non-hydrogen) atoms. The highest BCUT2D eigenvalue weighted by Gasteiger charge is 2.20. The molecule has 0 amide bonds. The largest absolute Gasteiger partial charge is 0.375 e. The minimum atomic E-state index is 0.306. The second-order valence-electron chi connectivity index (χ2n) is 5.17. The Morgan fingerprint density at radius 2 is 2.33 bits per heavy atom. The van der Waals surface area contributed by atoms with Gasteiger partial charge in [0.05, 0.1) is 18.4 Å². The molecule has 102 valence electrons. The third-order valence-electron chi connectivity index (χ3n) is 3.06. The zero-order valence-electron chi connectivity index (χ0n) is 11.7. The maximum Gasteiger partial charge on any atom is 0.185 e. The SMILES string of the molecule is Cc1nc(N2CCOC(C)C2)sc1CNC(C)C. The normalized spacial score (nSPS) is 20.7. The Balaban J connectivity index is 2.03. The molecule has 1 unspecified atom stereocenters. The molecule has 2 heterocycles. The van der Waals surface area contributed by atoms with E-state index in [1.807, 2.05) is 0 Å². The molecule has 1 aliphatic heterocycles. The lowest BCUT2D eigenvalue weighted by atomic mass is 10.3. The van der Waals surface area contributed by atoms with Gasteiger partial charge in [0.2, 0.25) is 0 Å². The second kappa shape index (κ2) is 5.99. The highest BCUT2D eigenvalue weighted by Crippen LogP contribution is 2.27. The van der Waals surface area contributed by atoms with Crippen LogP contribution in [0.15, 0.2) is 0 Å². The van der Waals surface area contributed by atoms with E-state index in [1.54, 1.807) is 11.3 Å². The number of morpholine rings is 1. The Hall–Kier alpha value is -0.650. The van der Waals surface area contributed by atoms with Gasteiger partial charge in [-0.2, -0.15) is 0 Å². The zero-order chi connectivity index (χ0) is 13.1. The Bertz CT molecular complexity index is 392. The van der Waals surface area contributed by atoms with E-state index < -0.39 is 0 Å². The van der Waals surface area contributed by atoms with Crippen LogP contribution in [0.3, 0.4) is 0 Å². The van der Waals surface area contributed by atoms with Crippen LogP contribution in [-0.2, 0) is 11.3 Å². The van der Waals surface area contributed by atoms with Gasteiger partial charge in [0.25, 0.3) is 0 Å². The summed E-state index contributed by atoms with van der Waals surface area (Å²) in [6.45, 7) is 12.2. The van der Waals surface area contributed by atoms with Gasteiger partial charge in [-0.1, -0.05) is 13.8 Å². The van der Waals surface area contributed by atoms with Crippen LogP contribution in [0.25, 0.3) is 0 Å². The van der Waals surface area contributed by atoms with Gasteiger partial charge in [0.15, 0.2) is 5.13 Å². The molecule has 1 aliphatic rings. The van der Waals surface area contributed by atoms with Crippen LogP contribution in [-0.4, -0.2) is 36.8 Å². The van der Waals surface area contributed by atoms with Crippen LogP contribution < -0.4 is 10.2 Å². The fourth-order valence-corrected chi connectivity index (χ4v) is 3.05. The number of nitrogens with zero attached hydrogens (tertiary/aromatic N) is 2. The first-order valence-corrected chi connectivity index (χ1v) is 7.44. The van der Waals surface area contributed by atoms with Crippen LogP contribution in [0.2, 0.25) is 0 Å². The lowest BCUT2D eigenvalue weighted by molar-refractivity contribution is 0.0532. The predicted octanol–water partition coefficient (Wildman–Crippen LogP) is 2.17. The molecule has 1 N–H and O–H groups in total. The first-order valence-electron chi connectivity index (χ1n) is 6.62. The molecule has 1 fully saturated rings. The van der Waals surface area contributed by atoms with Crippen LogP contribution in [0.4, 0.5) is 5.13 Å². The Labute approximate surface area is 113 Å². The van der Waals surface area contributed by atoms with Crippen molar-refractivity contribution in [1.82, 2.24) is 10.3 Å². The first kappa shape index (κ1) is 13.8. The molecule has 5 heteroatoms. The average molecular weight is 269 g/mol. The fraction of sp³-hybridized carbons (Fsp3) is 0.769. The maximum absolute atomic E-state index is 5.57. The van der Waals surface area contributed by atoms with Gasteiger partial charge in [-0.15, -0.1) is 11.3 Å². The first-order chi connectivity index (χ1) is 8.56. The topological polar surface area (TPSA) is 37.4 Å². The molecule has 0 aliphatic carbocycles. The molecule has 1 aromatic heterocycles. The smallest absolute Gasteiger partial charge is 0.185 e. The third-order valence-corrected chi connectivity index (χ3v) is 4.28. The van der Waals surface area contributed by atoms with Crippen LogP contribution in [0, 0.1) is 6.92 Å². The highest BCUT2D eigenvalue weighted by molar-refractivity contribution is 7.15. The van der Waals surface area contributed by atoms with Gasteiger partial charge in [0.1, 0.15) is 0 Å². The van der Waals surface area contributed by atoms with E-state index in [1.165, 1.54) is 4.88 Å². The third kappa shape index (κ3) is 3.43. The van der Waals surface area contributed by atoms with Crippen molar-refractivity contribution in [2.75, 3.05) is 24.6 Å². The van der Waals surface area contributed by atoms with E-state index in [4.69, 9.17) is 9.72 Å². The molecule has 4 nitrogen and oxygen atoms in total. The average Bonchev–Trinajstić information content (AvgIpc) is 2.68. The number of hydrogen-bond acceptors (Lipinski definition) is 5. The van der Waals surface area contributed by atoms with Gasteiger partial charge in [-0.25, -0.2) is 4.98 Å². The number of thiazole rings is 1. The van der Waals surface area contributed by atoms with Crippen molar-refractivity contribution in [1.29, 1.82) is 0 Å². The van der Waals surface area contributed by atoms with E-state index in [-0.39, 0.29) is 0 Å². The summed E-state index contributed by atoms with van der Waals surface area (Å²) >= 11 is 1.81. The number of rotatable bonds is 4. The van der Waals surface area contributed by atoms with E-state index in [0.29, 0.717) is 12.1 Å². The van der Waals surface area contributed by atoms with Gasteiger partial charge >= 0.3 is 0 Å². The second-order valence-corrected chi connectivity index (χ2v) is 6.23. The van der Waals surface area contributed by atoms with Gasteiger partial charge < -0.3 is 15.0 Å². The number of nitrogens with one attached hydrogen (secondary N) is 1. The molecular weight excluding hydrogens is 246 g/mol. The van der Waals surface area contributed by atoms with Crippen molar-refractivity contribution in [2.45, 2.75) is 46.4 Å². The van der Waals surface area contributed by atoms with Crippen molar-refractivity contribution < 1.29 is 4.74 Å². The molecule has 0 aromatic carbocycles. The van der Waals surface area contributed by atoms with Crippen molar-refractivity contribution in [3.05, 3.63) is 10.6 Å². The number of ether oxygens (including phenoxy) is 1. The summed E-state index contributed by atoms with van der Waals surface area (Å²) < 4.78 is 5.57. The lowest BCUT2D eigenvalue weighted by Crippen LogP contribution is -2.41. The molecule has 1 atom stereocenters. The summed E-state index contributed by atoms with van der Waals surface area (Å²) in [5, 5.41) is 4.60. The van der Waals surface area contributed by atoms with Crippen LogP contribution >= 0.6 is 11.3 Å². The highest BCUT2D eigenvalue weighted by atomic mass is 32.1.